The second-order valence-corrected chi connectivity index (χ2v) is 7.70. The van der Waals surface area contributed by atoms with Crippen molar-refractivity contribution in [3.63, 3.8) is 0 Å². The van der Waals surface area contributed by atoms with Gasteiger partial charge in [-0.25, -0.2) is 0 Å². The van der Waals surface area contributed by atoms with Crippen molar-refractivity contribution in [1.29, 1.82) is 5.41 Å². The first-order valence-electron chi connectivity index (χ1n) is 10.1. The third kappa shape index (κ3) is 5.44. The lowest BCUT2D eigenvalue weighted by atomic mass is 9.83. The summed E-state index contributed by atoms with van der Waals surface area (Å²) in [4.78, 5) is 25.8. The zero-order valence-electron chi connectivity index (χ0n) is 16.7. The number of rotatable bonds is 6. The fourth-order valence-electron chi connectivity index (χ4n) is 3.75. The molecular weight excluding hydrogens is 364 g/mol. The summed E-state index contributed by atoms with van der Waals surface area (Å²) in [7, 11) is 0. The van der Waals surface area contributed by atoms with Gasteiger partial charge in [-0.2, -0.15) is 0 Å². The minimum atomic E-state index is -0.586. The molecule has 0 saturated heterocycles. The third-order valence-corrected chi connectivity index (χ3v) is 5.47. The number of carbonyl (C=O) groups is 2. The molecule has 0 radical (unpaired) electrons. The Morgan fingerprint density at radius 3 is 2.14 bits per heavy atom. The number of nitrogens with one attached hydrogen (secondary N) is 3. The molecule has 0 aromatic heterocycles. The Labute approximate surface area is 171 Å². The molecule has 3 rings (SSSR count). The highest BCUT2D eigenvalue weighted by atomic mass is 16.2. The van der Waals surface area contributed by atoms with Crippen LogP contribution in [0.4, 0.5) is 5.69 Å². The summed E-state index contributed by atoms with van der Waals surface area (Å²) in [5.74, 6) is -0.349. The van der Waals surface area contributed by atoms with Crippen LogP contribution in [0.15, 0.2) is 48.5 Å². The second kappa shape index (κ2) is 9.37. The van der Waals surface area contributed by atoms with Crippen LogP contribution in [0.3, 0.4) is 0 Å². The lowest BCUT2D eigenvalue weighted by molar-refractivity contribution is -0.119. The van der Waals surface area contributed by atoms with Gasteiger partial charge in [-0.15, -0.1) is 0 Å². The van der Waals surface area contributed by atoms with E-state index in [1.807, 2.05) is 19.1 Å². The van der Waals surface area contributed by atoms with Crippen molar-refractivity contribution in [3.05, 3.63) is 65.2 Å². The van der Waals surface area contributed by atoms with Crippen molar-refractivity contribution in [2.45, 2.75) is 45.1 Å². The Morgan fingerprint density at radius 2 is 1.55 bits per heavy atom. The van der Waals surface area contributed by atoms with Crippen LogP contribution in [0.2, 0.25) is 0 Å². The number of nitrogen functional groups attached to an aromatic ring is 1. The van der Waals surface area contributed by atoms with Crippen LogP contribution in [0.25, 0.3) is 0 Å². The van der Waals surface area contributed by atoms with Crippen molar-refractivity contribution < 1.29 is 9.59 Å². The average molecular weight is 393 g/mol. The molecule has 2 amide bonds. The Bertz CT molecular complexity index is 869. The van der Waals surface area contributed by atoms with Crippen LogP contribution in [0.5, 0.6) is 0 Å². The molecule has 152 valence electrons. The molecule has 29 heavy (non-hydrogen) atoms. The van der Waals surface area contributed by atoms with E-state index in [4.69, 9.17) is 11.1 Å². The molecule has 6 nitrogen and oxygen atoms in total. The summed E-state index contributed by atoms with van der Waals surface area (Å²) in [5.41, 5.74) is 8.32. The van der Waals surface area contributed by atoms with Gasteiger partial charge < -0.3 is 16.4 Å². The van der Waals surface area contributed by atoms with Crippen LogP contribution in [0.1, 0.15) is 53.6 Å². The summed E-state index contributed by atoms with van der Waals surface area (Å²) in [6, 6.07) is 13.6. The first kappa shape index (κ1) is 20.6. The Balaban J connectivity index is 1.75. The first-order valence-corrected chi connectivity index (χ1v) is 10.1. The Morgan fingerprint density at radius 1 is 0.966 bits per heavy atom. The zero-order chi connectivity index (χ0) is 20.8. The van der Waals surface area contributed by atoms with Gasteiger partial charge in [-0.3, -0.25) is 15.0 Å². The molecule has 5 N–H and O–H groups in total. The lowest BCUT2D eigenvalue weighted by Crippen LogP contribution is -2.49. The van der Waals surface area contributed by atoms with Gasteiger partial charge in [0.25, 0.3) is 5.91 Å². The predicted molar refractivity (Wildman–Crippen MR) is 115 cm³/mol. The van der Waals surface area contributed by atoms with Gasteiger partial charge >= 0.3 is 0 Å². The van der Waals surface area contributed by atoms with Crippen molar-refractivity contribution in [2.24, 2.45) is 11.7 Å². The fraction of sp³-hybridized carbons (Fsp3) is 0.348. The highest BCUT2D eigenvalue weighted by molar-refractivity contribution is 6.01. The minimum Gasteiger partial charge on any atom is -0.384 e. The number of amidine groups is 1. The number of anilines is 1. The number of benzene rings is 2. The summed E-state index contributed by atoms with van der Waals surface area (Å²) in [6.07, 6.45) is 5.17. The number of hydrogen-bond donors (Lipinski definition) is 4. The molecule has 1 saturated carbocycles. The number of hydrogen-bond acceptors (Lipinski definition) is 3. The summed E-state index contributed by atoms with van der Waals surface area (Å²) in [6.45, 7) is 1.97. The average Bonchev–Trinajstić information content (AvgIpc) is 2.73. The maximum Gasteiger partial charge on any atom is 0.251 e. The van der Waals surface area contributed by atoms with E-state index in [1.165, 1.54) is 6.42 Å². The molecule has 2 aromatic carbocycles. The molecule has 0 heterocycles. The Hall–Kier alpha value is -3.15. The Kier molecular flexibility index (Phi) is 6.65. The molecule has 0 unspecified atom stereocenters. The van der Waals surface area contributed by atoms with Crippen LogP contribution in [0, 0.1) is 18.3 Å². The molecule has 1 atom stereocenters. The molecule has 1 aliphatic rings. The van der Waals surface area contributed by atoms with E-state index in [0.29, 0.717) is 16.8 Å². The normalized spacial score (nSPS) is 15.3. The monoisotopic (exact) mass is 392 g/mol. The summed E-state index contributed by atoms with van der Waals surface area (Å²) in [5, 5.41) is 13.3. The molecule has 2 aromatic rings. The van der Waals surface area contributed by atoms with E-state index in [0.717, 1.165) is 31.2 Å². The highest BCUT2D eigenvalue weighted by Gasteiger charge is 2.31. The second-order valence-electron chi connectivity index (χ2n) is 7.70. The van der Waals surface area contributed by atoms with Crippen molar-refractivity contribution in [1.82, 2.24) is 5.32 Å². The molecule has 1 aliphatic carbocycles. The van der Waals surface area contributed by atoms with Crippen LogP contribution >= 0.6 is 0 Å². The minimum absolute atomic E-state index is 0.0201. The van der Waals surface area contributed by atoms with Gasteiger partial charge in [0.2, 0.25) is 5.91 Å². The highest BCUT2D eigenvalue weighted by Crippen LogP contribution is 2.27. The van der Waals surface area contributed by atoms with Crippen LogP contribution in [-0.2, 0) is 4.79 Å². The quantitative estimate of drug-likeness (QED) is 0.445. The van der Waals surface area contributed by atoms with Gasteiger partial charge in [-0.1, -0.05) is 37.0 Å². The molecule has 0 bridgehead atoms. The van der Waals surface area contributed by atoms with Gasteiger partial charge in [0.15, 0.2) is 0 Å². The van der Waals surface area contributed by atoms with Crippen LogP contribution < -0.4 is 16.4 Å². The van der Waals surface area contributed by atoms with E-state index in [9.17, 15) is 9.59 Å². The third-order valence-electron chi connectivity index (χ3n) is 5.47. The van der Waals surface area contributed by atoms with E-state index in [1.54, 1.807) is 36.4 Å². The zero-order valence-corrected chi connectivity index (χ0v) is 16.7. The van der Waals surface area contributed by atoms with Crippen LogP contribution in [-0.4, -0.2) is 23.7 Å². The molecule has 1 fully saturated rings. The van der Waals surface area contributed by atoms with E-state index < -0.39 is 6.04 Å². The van der Waals surface area contributed by atoms with Crippen molar-refractivity contribution >= 4 is 23.3 Å². The van der Waals surface area contributed by atoms with Gasteiger partial charge in [-0.05, 0) is 62.1 Å². The molecule has 0 spiro atoms. The topological polar surface area (TPSA) is 108 Å². The molecule has 6 heteroatoms. The number of nitrogens with two attached hydrogens (primary N) is 1. The number of carbonyl (C=O) groups excluding carboxylic acids is 2. The predicted octanol–water partition coefficient (Wildman–Crippen LogP) is 3.60. The maximum atomic E-state index is 13.1. The molecule has 0 aliphatic heterocycles. The van der Waals surface area contributed by atoms with E-state index in [2.05, 4.69) is 10.6 Å². The largest absolute Gasteiger partial charge is 0.384 e. The van der Waals surface area contributed by atoms with Crippen molar-refractivity contribution in [2.75, 3.05) is 5.32 Å². The number of aryl methyl sites for hydroxylation is 1. The van der Waals surface area contributed by atoms with E-state index in [-0.39, 0.29) is 23.6 Å². The van der Waals surface area contributed by atoms with Gasteiger partial charge in [0.1, 0.15) is 11.9 Å². The standard InChI is InChI=1S/C23H28N4O2/c1-15-7-9-18(10-8-15)22(28)27-20(16-5-3-2-4-6-16)23(29)26-19-13-11-17(12-14-19)21(24)25/h7-14,16,20H,2-6H2,1H3,(H3,24,25)(H,26,29)(H,27,28)/t20-/m1/s1. The fourth-order valence-corrected chi connectivity index (χ4v) is 3.75. The van der Waals surface area contributed by atoms with Crippen molar-refractivity contribution in [3.8, 4) is 0 Å². The molecular formula is C23H28N4O2. The van der Waals surface area contributed by atoms with Gasteiger partial charge in [0, 0.05) is 16.8 Å². The van der Waals surface area contributed by atoms with E-state index >= 15 is 0 Å². The SMILES string of the molecule is Cc1ccc(C(=O)N[C@@H](C(=O)Nc2ccc(C(=N)N)cc2)C2CCCCC2)cc1. The number of amides is 2. The summed E-state index contributed by atoms with van der Waals surface area (Å²) >= 11 is 0. The maximum absolute atomic E-state index is 13.1. The lowest BCUT2D eigenvalue weighted by Gasteiger charge is -2.30. The van der Waals surface area contributed by atoms with Gasteiger partial charge in [0.05, 0.1) is 0 Å². The summed E-state index contributed by atoms with van der Waals surface area (Å²) < 4.78 is 0. The smallest absolute Gasteiger partial charge is 0.251 e. The first-order chi connectivity index (χ1) is 13.9.